The van der Waals surface area contributed by atoms with Crippen LogP contribution in [0.3, 0.4) is 0 Å². The first-order chi connectivity index (χ1) is 8.06. The molecule has 1 unspecified atom stereocenters. The van der Waals surface area contributed by atoms with Crippen molar-refractivity contribution in [1.29, 1.82) is 0 Å². The molecule has 0 radical (unpaired) electrons. The molecule has 1 atom stereocenters. The van der Waals surface area contributed by atoms with Crippen LogP contribution in [-0.2, 0) is 0 Å². The minimum atomic E-state index is -0.120. The molecule has 0 bridgehead atoms. The second-order valence-electron chi connectivity index (χ2n) is 4.24. The molecule has 1 aromatic rings. The Bertz CT molecular complexity index is 367. The summed E-state index contributed by atoms with van der Waals surface area (Å²) in [5.74, 6) is 0.0855. The van der Waals surface area contributed by atoms with Gasteiger partial charge >= 0.3 is 0 Å². The van der Waals surface area contributed by atoms with E-state index in [2.05, 4.69) is 21.8 Å². The first kappa shape index (κ1) is 14.4. The normalized spacial score (nSPS) is 12.8. The minimum absolute atomic E-state index is 0.00710. The smallest absolute Gasteiger partial charge is 0.265 e. The molecule has 96 valence electrons. The summed E-state index contributed by atoms with van der Waals surface area (Å²) in [4.78, 5) is 12.5. The predicted molar refractivity (Wildman–Crippen MR) is 70.9 cm³/mol. The Morgan fingerprint density at radius 2 is 2.24 bits per heavy atom. The van der Waals surface area contributed by atoms with E-state index < -0.39 is 0 Å². The highest BCUT2D eigenvalue weighted by Crippen LogP contribution is 2.19. The van der Waals surface area contributed by atoms with Crippen LogP contribution >= 0.6 is 23.1 Å². The third kappa shape index (κ3) is 4.24. The second-order valence-corrected chi connectivity index (χ2v) is 5.61. The lowest BCUT2D eigenvalue weighted by Crippen LogP contribution is -2.29. The largest absolute Gasteiger partial charge is 0.350 e. The number of alkyl halides is 1. The minimum Gasteiger partial charge on any atom is -0.350 e. The average molecular weight is 276 g/mol. The van der Waals surface area contributed by atoms with Crippen LogP contribution in [0.25, 0.3) is 0 Å². The van der Waals surface area contributed by atoms with E-state index in [1.165, 1.54) is 0 Å². The van der Waals surface area contributed by atoms with Crippen molar-refractivity contribution in [3.8, 4) is 0 Å². The number of hydrogen-bond donors (Lipinski definition) is 1. The fraction of sp³-hybridized carbons (Fsp3) is 0.727. The lowest BCUT2D eigenvalue weighted by Gasteiger charge is -2.09. The van der Waals surface area contributed by atoms with Crippen LogP contribution in [-0.4, -0.2) is 27.4 Å². The molecule has 0 aromatic carbocycles. The molecule has 1 amide bonds. The summed E-state index contributed by atoms with van der Waals surface area (Å²) < 4.78 is 3.83. The average Bonchev–Trinajstić information content (AvgIpc) is 2.75. The SMILES string of the molecule is CCCC(Cl)CNC(=O)c1snnc1C(C)C. The van der Waals surface area contributed by atoms with E-state index in [-0.39, 0.29) is 17.2 Å². The van der Waals surface area contributed by atoms with Crippen LogP contribution < -0.4 is 5.32 Å². The van der Waals surface area contributed by atoms with E-state index >= 15 is 0 Å². The van der Waals surface area contributed by atoms with Gasteiger partial charge in [-0.25, -0.2) is 0 Å². The predicted octanol–water partition coefficient (Wildman–Crippen LogP) is 2.80. The Morgan fingerprint density at radius 1 is 1.53 bits per heavy atom. The molecule has 0 aliphatic carbocycles. The van der Waals surface area contributed by atoms with E-state index in [9.17, 15) is 4.79 Å². The monoisotopic (exact) mass is 275 g/mol. The lowest BCUT2D eigenvalue weighted by atomic mass is 10.1. The Balaban J connectivity index is 2.55. The summed E-state index contributed by atoms with van der Waals surface area (Å²) >= 11 is 7.18. The number of nitrogens with one attached hydrogen (secondary N) is 1. The number of hydrogen-bond acceptors (Lipinski definition) is 4. The Labute approximate surface area is 111 Å². The summed E-state index contributed by atoms with van der Waals surface area (Å²) in [6.45, 7) is 6.55. The Hall–Kier alpha value is -0.680. The van der Waals surface area contributed by atoms with Crippen molar-refractivity contribution in [3.63, 3.8) is 0 Å². The number of carbonyl (C=O) groups excluding carboxylic acids is 1. The molecule has 1 heterocycles. The third-order valence-corrected chi connectivity index (χ3v) is 3.47. The van der Waals surface area contributed by atoms with Crippen molar-refractivity contribution in [3.05, 3.63) is 10.6 Å². The first-order valence-electron chi connectivity index (χ1n) is 5.80. The van der Waals surface area contributed by atoms with Gasteiger partial charge in [-0.05, 0) is 23.9 Å². The number of carbonyl (C=O) groups is 1. The topological polar surface area (TPSA) is 54.9 Å². The zero-order valence-corrected chi connectivity index (χ0v) is 11.9. The lowest BCUT2D eigenvalue weighted by molar-refractivity contribution is 0.0956. The number of nitrogens with zero attached hydrogens (tertiary/aromatic N) is 2. The van der Waals surface area contributed by atoms with Crippen molar-refractivity contribution < 1.29 is 4.79 Å². The zero-order chi connectivity index (χ0) is 12.8. The van der Waals surface area contributed by atoms with Gasteiger partial charge < -0.3 is 5.32 Å². The van der Waals surface area contributed by atoms with Crippen molar-refractivity contribution in [2.24, 2.45) is 0 Å². The van der Waals surface area contributed by atoms with Crippen LogP contribution in [0.2, 0.25) is 0 Å². The van der Waals surface area contributed by atoms with Crippen LogP contribution in [0, 0.1) is 0 Å². The van der Waals surface area contributed by atoms with Crippen LogP contribution in [0.1, 0.15) is 54.9 Å². The standard InChI is InChI=1S/C11H18ClN3OS/c1-4-5-8(12)6-13-11(16)10-9(7(2)3)14-15-17-10/h7-8H,4-6H2,1-3H3,(H,13,16). The van der Waals surface area contributed by atoms with Gasteiger partial charge in [0.15, 0.2) is 0 Å². The van der Waals surface area contributed by atoms with Gasteiger partial charge in [0, 0.05) is 6.54 Å². The van der Waals surface area contributed by atoms with E-state index in [1.54, 1.807) is 0 Å². The van der Waals surface area contributed by atoms with Gasteiger partial charge in [-0.15, -0.1) is 16.7 Å². The molecule has 0 spiro atoms. The van der Waals surface area contributed by atoms with E-state index in [4.69, 9.17) is 11.6 Å². The quantitative estimate of drug-likeness (QED) is 0.812. The first-order valence-corrected chi connectivity index (χ1v) is 7.01. The van der Waals surface area contributed by atoms with E-state index in [1.807, 2.05) is 13.8 Å². The van der Waals surface area contributed by atoms with E-state index in [0.29, 0.717) is 11.4 Å². The fourth-order valence-corrected chi connectivity index (χ4v) is 2.46. The van der Waals surface area contributed by atoms with Crippen molar-refractivity contribution >= 4 is 29.0 Å². The van der Waals surface area contributed by atoms with Gasteiger partial charge in [0.2, 0.25) is 0 Å². The number of halogens is 1. The summed E-state index contributed by atoms with van der Waals surface area (Å²) in [6, 6.07) is 0. The van der Waals surface area contributed by atoms with Crippen molar-refractivity contribution in [2.75, 3.05) is 6.54 Å². The van der Waals surface area contributed by atoms with Crippen LogP contribution in [0.4, 0.5) is 0 Å². The number of aromatic nitrogens is 2. The highest BCUT2D eigenvalue weighted by Gasteiger charge is 2.18. The summed E-state index contributed by atoms with van der Waals surface area (Å²) in [5, 5.41) is 6.79. The molecule has 1 rings (SSSR count). The zero-order valence-electron chi connectivity index (χ0n) is 10.4. The van der Waals surface area contributed by atoms with Crippen LogP contribution in [0.5, 0.6) is 0 Å². The van der Waals surface area contributed by atoms with Gasteiger partial charge in [0.25, 0.3) is 5.91 Å². The number of rotatable bonds is 6. The molecule has 0 aliphatic rings. The molecular formula is C11H18ClN3OS. The molecule has 1 aromatic heterocycles. The van der Waals surface area contributed by atoms with Crippen LogP contribution in [0.15, 0.2) is 0 Å². The van der Waals surface area contributed by atoms with Crippen molar-refractivity contribution in [1.82, 2.24) is 14.9 Å². The molecule has 0 aliphatic heterocycles. The highest BCUT2D eigenvalue weighted by atomic mass is 35.5. The van der Waals surface area contributed by atoms with Gasteiger partial charge in [-0.3, -0.25) is 4.79 Å². The molecule has 0 saturated carbocycles. The molecule has 4 nitrogen and oxygen atoms in total. The van der Waals surface area contributed by atoms with Gasteiger partial charge in [-0.2, -0.15) is 0 Å². The number of amides is 1. The Morgan fingerprint density at radius 3 is 2.82 bits per heavy atom. The van der Waals surface area contributed by atoms with Gasteiger partial charge in [0.05, 0.1) is 11.1 Å². The van der Waals surface area contributed by atoms with Crippen molar-refractivity contribution in [2.45, 2.75) is 44.9 Å². The summed E-state index contributed by atoms with van der Waals surface area (Å²) in [7, 11) is 0. The molecular weight excluding hydrogens is 258 g/mol. The fourth-order valence-electron chi connectivity index (χ4n) is 1.43. The molecule has 1 N–H and O–H groups in total. The molecule has 17 heavy (non-hydrogen) atoms. The molecule has 0 fully saturated rings. The second kappa shape index (κ2) is 6.91. The Kier molecular flexibility index (Phi) is 5.85. The van der Waals surface area contributed by atoms with E-state index in [0.717, 1.165) is 30.1 Å². The third-order valence-electron chi connectivity index (χ3n) is 2.35. The summed E-state index contributed by atoms with van der Waals surface area (Å²) in [6.07, 6.45) is 1.92. The maximum Gasteiger partial charge on any atom is 0.265 e. The van der Waals surface area contributed by atoms with Gasteiger partial charge in [0.1, 0.15) is 4.88 Å². The molecule has 6 heteroatoms. The maximum atomic E-state index is 11.9. The molecule has 0 saturated heterocycles. The highest BCUT2D eigenvalue weighted by molar-refractivity contribution is 7.08. The maximum absolute atomic E-state index is 11.9. The summed E-state index contributed by atoms with van der Waals surface area (Å²) in [5.41, 5.74) is 0.758. The van der Waals surface area contributed by atoms with Gasteiger partial charge in [-0.1, -0.05) is 31.7 Å².